The molecule has 1 amide bonds. The number of carbonyl (C=O) groups is 1. The van der Waals surface area contributed by atoms with Gasteiger partial charge in [-0.25, -0.2) is 0 Å². The predicted molar refractivity (Wildman–Crippen MR) is 108 cm³/mol. The summed E-state index contributed by atoms with van der Waals surface area (Å²) in [6.45, 7) is 7.71. The second kappa shape index (κ2) is 10.5. The zero-order chi connectivity index (χ0) is 18.9. The van der Waals surface area contributed by atoms with Crippen LogP contribution in [0.4, 0.5) is 0 Å². The van der Waals surface area contributed by atoms with Gasteiger partial charge in [0, 0.05) is 18.7 Å². The van der Waals surface area contributed by atoms with Gasteiger partial charge >= 0.3 is 0 Å². The molecular weight excluding hydrogens is 360 g/mol. The fraction of sp³-hybridized carbons (Fsp3) is 0.476. The molecule has 27 heavy (non-hydrogen) atoms. The first kappa shape index (κ1) is 20.0. The van der Waals surface area contributed by atoms with Gasteiger partial charge in [0.25, 0.3) is 5.91 Å². The molecule has 2 N–H and O–H groups in total. The Bertz CT molecular complexity index is 726. The van der Waals surface area contributed by atoms with E-state index in [1.807, 2.05) is 6.07 Å². The molecule has 6 heteroatoms. The molecule has 0 unspecified atom stereocenters. The van der Waals surface area contributed by atoms with Crippen molar-refractivity contribution in [2.45, 2.75) is 24.9 Å². The van der Waals surface area contributed by atoms with E-state index >= 15 is 0 Å². The van der Waals surface area contributed by atoms with Gasteiger partial charge in [-0.15, -0.1) is 11.8 Å². The highest BCUT2D eigenvalue weighted by Crippen LogP contribution is 2.21. The number of hydrogen-bond acceptors (Lipinski definition) is 4. The van der Waals surface area contributed by atoms with Crippen LogP contribution in [0, 0.1) is 6.92 Å². The van der Waals surface area contributed by atoms with Gasteiger partial charge in [-0.1, -0.05) is 24.3 Å². The summed E-state index contributed by atoms with van der Waals surface area (Å²) >= 11 is 1.80. The van der Waals surface area contributed by atoms with Crippen LogP contribution in [0.2, 0.25) is 0 Å². The van der Waals surface area contributed by atoms with Gasteiger partial charge in [-0.2, -0.15) is 0 Å². The Balaban J connectivity index is 1.35. The molecule has 1 aromatic carbocycles. The Morgan fingerprint density at radius 1 is 1.15 bits per heavy atom. The van der Waals surface area contributed by atoms with E-state index in [0.717, 1.165) is 56.5 Å². The number of ether oxygens (including phenoxy) is 1. The van der Waals surface area contributed by atoms with Crippen molar-refractivity contribution in [3.05, 3.63) is 59.0 Å². The van der Waals surface area contributed by atoms with Crippen LogP contribution in [0.1, 0.15) is 33.9 Å². The molecule has 3 rings (SSSR count). The fourth-order valence-corrected chi connectivity index (χ4v) is 4.15. The zero-order valence-corrected chi connectivity index (χ0v) is 16.8. The first-order chi connectivity index (χ1) is 13.2. The van der Waals surface area contributed by atoms with E-state index in [1.165, 1.54) is 11.1 Å². The summed E-state index contributed by atoms with van der Waals surface area (Å²) in [5.41, 5.74) is 2.65. The Morgan fingerprint density at radius 3 is 2.78 bits per heavy atom. The molecule has 2 aromatic rings. The number of thioether (sulfide) groups is 1. The van der Waals surface area contributed by atoms with Crippen molar-refractivity contribution in [1.29, 1.82) is 0 Å². The van der Waals surface area contributed by atoms with E-state index in [4.69, 9.17) is 9.15 Å². The summed E-state index contributed by atoms with van der Waals surface area (Å²) in [6.07, 6.45) is 0.973. The largest absolute Gasteiger partial charge is 0.455 e. The minimum Gasteiger partial charge on any atom is -0.455 e. The van der Waals surface area contributed by atoms with Crippen LogP contribution in [-0.4, -0.2) is 45.3 Å². The van der Waals surface area contributed by atoms with Gasteiger partial charge in [0.2, 0.25) is 0 Å². The lowest BCUT2D eigenvalue weighted by Crippen LogP contribution is -3.14. The van der Waals surface area contributed by atoms with Crippen LogP contribution >= 0.6 is 11.8 Å². The number of carbonyl (C=O) groups excluding carboxylic acids is 1. The number of benzene rings is 1. The predicted octanol–water partition coefficient (Wildman–Crippen LogP) is 2.06. The first-order valence-corrected chi connectivity index (χ1v) is 10.8. The van der Waals surface area contributed by atoms with E-state index in [0.29, 0.717) is 12.3 Å². The minimum atomic E-state index is -0.123. The van der Waals surface area contributed by atoms with E-state index in [9.17, 15) is 4.79 Å². The maximum absolute atomic E-state index is 12.2. The highest BCUT2D eigenvalue weighted by molar-refractivity contribution is 7.97. The number of amides is 1. The van der Waals surface area contributed by atoms with Crippen molar-refractivity contribution in [3.8, 4) is 0 Å². The Hall–Kier alpha value is -1.76. The molecule has 1 saturated heterocycles. The van der Waals surface area contributed by atoms with Crippen molar-refractivity contribution in [1.82, 2.24) is 5.32 Å². The molecule has 1 aromatic heterocycles. The van der Waals surface area contributed by atoms with E-state index < -0.39 is 0 Å². The second-order valence-corrected chi connectivity index (χ2v) is 7.89. The van der Waals surface area contributed by atoms with Gasteiger partial charge < -0.3 is 19.4 Å². The van der Waals surface area contributed by atoms with Gasteiger partial charge in [-0.05, 0) is 30.2 Å². The topological polar surface area (TPSA) is 55.9 Å². The van der Waals surface area contributed by atoms with Gasteiger partial charge in [0.15, 0.2) is 5.76 Å². The maximum atomic E-state index is 12.2. The summed E-state index contributed by atoms with van der Waals surface area (Å²) in [5, 5.41) is 2.96. The van der Waals surface area contributed by atoms with Gasteiger partial charge in [0.1, 0.15) is 18.8 Å². The molecule has 0 bridgehead atoms. The molecule has 2 heterocycles. The molecule has 5 nitrogen and oxygen atoms in total. The molecule has 1 fully saturated rings. The average Bonchev–Trinajstić information content (AvgIpc) is 3.16. The Labute approximate surface area is 165 Å². The molecule has 1 aliphatic rings. The van der Waals surface area contributed by atoms with Gasteiger partial charge in [-0.3, -0.25) is 4.79 Å². The minimum absolute atomic E-state index is 0.123. The van der Waals surface area contributed by atoms with E-state index in [-0.39, 0.29) is 5.91 Å². The summed E-state index contributed by atoms with van der Waals surface area (Å²) in [4.78, 5) is 13.8. The lowest BCUT2D eigenvalue weighted by molar-refractivity contribution is -0.908. The van der Waals surface area contributed by atoms with Crippen molar-refractivity contribution >= 4 is 17.7 Å². The molecule has 0 aliphatic carbocycles. The van der Waals surface area contributed by atoms with Crippen LogP contribution in [0.25, 0.3) is 0 Å². The Kier molecular flexibility index (Phi) is 7.80. The highest BCUT2D eigenvalue weighted by Gasteiger charge is 2.14. The number of aryl methyl sites for hydroxylation is 1. The molecule has 1 aliphatic heterocycles. The third-order valence-electron chi connectivity index (χ3n) is 4.84. The monoisotopic (exact) mass is 389 g/mol. The number of furan rings is 1. The third-order valence-corrected chi connectivity index (χ3v) is 5.84. The van der Waals surface area contributed by atoms with Crippen molar-refractivity contribution < 1.29 is 18.8 Å². The standard InChI is InChI=1S/C21H28N2O3S/c1-17-5-2-3-6-18(17)15-27-16-19-7-8-20(26-19)21(24)22-9-4-10-23-11-13-25-14-12-23/h2-3,5-8H,4,9-16H2,1H3,(H,22,24)/p+1. The van der Waals surface area contributed by atoms with E-state index in [1.54, 1.807) is 22.7 Å². The molecule has 0 saturated carbocycles. The van der Waals surface area contributed by atoms with Crippen LogP contribution < -0.4 is 10.2 Å². The summed E-state index contributed by atoms with van der Waals surface area (Å²) < 4.78 is 11.1. The zero-order valence-electron chi connectivity index (χ0n) is 16.0. The summed E-state index contributed by atoms with van der Waals surface area (Å²) in [6, 6.07) is 12.1. The van der Waals surface area contributed by atoms with Crippen LogP contribution in [0.15, 0.2) is 40.8 Å². The molecule has 0 spiro atoms. The molecule has 0 atom stereocenters. The van der Waals surface area contributed by atoms with Crippen molar-refractivity contribution in [2.75, 3.05) is 39.4 Å². The summed E-state index contributed by atoms with van der Waals surface area (Å²) in [7, 11) is 0. The quantitative estimate of drug-likeness (QED) is 0.645. The smallest absolute Gasteiger partial charge is 0.286 e. The normalized spacial score (nSPS) is 15.0. The third kappa shape index (κ3) is 6.41. The fourth-order valence-electron chi connectivity index (χ4n) is 3.15. The molecule has 146 valence electrons. The Morgan fingerprint density at radius 2 is 1.96 bits per heavy atom. The lowest BCUT2D eigenvalue weighted by Gasteiger charge is -2.23. The molecule has 0 radical (unpaired) electrons. The second-order valence-electron chi connectivity index (χ2n) is 6.91. The van der Waals surface area contributed by atoms with Crippen LogP contribution in [0.5, 0.6) is 0 Å². The van der Waals surface area contributed by atoms with Gasteiger partial charge in [0.05, 0.1) is 25.5 Å². The number of quaternary nitrogens is 1. The van der Waals surface area contributed by atoms with Crippen LogP contribution in [-0.2, 0) is 16.2 Å². The molecular formula is C21H29N2O3S+. The van der Waals surface area contributed by atoms with E-state index in [2.05, 4.69) is 36.5 Å². The average molecular weight is 390 g/mol. The number of rotatable bonds is 9. The number of nitrogens with one attached hydrogen (secondary N) is 2. The first-order valence-electron chi connectivity index (χ1n) is 9.63. The number of morpholine rings is 1. The maximum Gasteiger partial charge on any atom is 0.286 e. The lowest BCUT2D eigenvalue weighted by atomic mass is 10.1. The SMILES string of the molecule is Cc1ccccc1CSCc1ccc(C(=O)NCCC[NH+]2CCOCC2)o1. The van der Waals surface area contributed by atoms with Crippen LogP contribution in [0.3, 0.4) is 0 Å². The number of hydrogen-bond donors (Lipinski definition) is 2. The van der Waals surface area contributed by atoms with Crippen molar-refractivity contribution in [2.24, 2.45) is 0 Å². The summed E-state index contributed by atoms with van der Waals surface area (Å²) in [5.74, 6) is 2.83. The highest BCUT2D eigenvalue weighted by atomic mass is 32.2. The van der Waals surface area contributed by atoms with Crippen molar-refractivity contribution in [3.63, 3.8) is 0 Å².